The molecule has 0 saturated carbocycles. The molecular weight excluding hydrogens is 419 g/mol. The molecule has 0 fully saturated rings. The Morgan fingerprint density at radius 3 is 2.77 bits per heavy atom. The van der Waals surface area contributed by atoms with Crippen LogP contribution in [-0.2, 0) is 22.5 Å². The van der Waals surface area contributed by atoms with Gasteiger partial charge in [0.1, 0.15) is 11.6 Å². The molecule has 1 amide bonds. The lowest BCUT2D eigenvalue weighted by Gasteiger charge is -2.10. The predicted molar refractivity (Wildman–Crippen MR) is 120 cm³/mol. The van der Waals surface area contributed by atoms with Crippen molar-refractivity contribution in [1.29, 1.82) is 0 Å². The van der Waals surface area contributed by atoms with Crippen molar-refractivity contribution in [2.24, 2.45) is 0 Å². The number of amides is 1. The van der Waals surface area contributed by atoms with Crippen LogP contribution in [0.1, 0.15) is 18.9 Å². The Morgan fingerprint density at radius 1 is 1.23 bits per heavy atom. The average Bonchev–Trinajstić information content (AvgIpc) is 3.17. The highest BCUT2D eigenvalue weighted by atomic mass is 32.2. The second-order valence-corrected chi connectivity index (χ2v) is 7.94. The van der Waals surface area contributed by atoms with Crippen LogP contribution in [-0.4, -0.2) is 58.2 Å². The number of hydrogen-bond donors (Lipinski definition) is 2. The van der Waals surface area contributed by atoms with E-state index in [9.17, 15) is 9.18 Å². The number of aromatic nitrogens is 4. The molecule has 8 nitrogen and oxygen atoms in total. The number of thioether (sulfide) groups is 1. The fourth-order valence-corrected chi connectivity index (χ4v) is 3.61. The summed E-state index contributed by atoms with van der Waals surface area (Å²) >= 11 is 1.60. The van der Waals surface area contributed by atoms with Crippen molar-refractivity contribution in [3.05, 3.63) is 41.8 Å². The van der Waals surface area contributed by atoms with Gasteiger partial charge in [-0.1, -0.05) is 30.8 Å². The molecule has 0 bridgehead atoms. The van der Waals surface area contributed by atoms with Gasteiger partial charge in [-0.15, -0.1) is 0 Å². The maximum atomic E-state index is 13.0. The number of ether oxygens (including phenoxy) is 1. The molecule has 10 heteroatoms. The number of carbonyl (C=O) groups is 1. The Kier molecular flexibility index (Phi) is 8.60. The number of nitrogens with one attached hydrogen (secondary N) is 2. The van der Waals surface area contributed by atoms with Crippen LogP contribution in [0, 0.1) is 5.82 Å². The van der Waals surface area contributed by atoms with E-state index in [1.165, 1.54) is 12.1 Å². The maximum Gasteiger partial charge on any atom is 0.224 e. The molecule has 166 valence electrons. The molecule has 1 aromatic carbocycles. The molecule has 3 rings (SSSR count). The quantitative estimate of drug-likeness (QED) is 0.251. The van der Waals surface area contributed by atoms with Gasteiger partial charge < -0.3 is 15.4 Å². The van der Waals surface area contributed by atoms with Gasteiger partial charge in [-0.3, -0.25) is 4.79 Å². The minimum absolute atomic E-state index is 0.126. The van der Waals surface area contributed by atoms with Crippen LogP contribution in [0.25, 0.3) is 11.0 Å². The van der Waals surface area contributed by atoms with Gasteiger partial charge >= 0.3 is 0 Å². The second kappa shape index (κ2) is 11.6. The third-order valence-electron chi connectivity index (χ3n) is 4.43. The Bertz CT molecular complexity index is 995. The number of carbonyl (C=O) groups excluding carboxylic acids is 1. The number of nitrogens with zero attached hydrogens (tertiary/aromatic N) is 4. The van der Waals surface area contributed by atoms with Crippen LogP contribution >= 0.6 is 11.8 Å². The average molecular weight is 447 g/mol. The summed E-state index contributed by atoms with van der Waals surface area (Å²) in [5.41, 5.74) is 1.49. The van der Waals surface area contributed by atoms with Crippen LogP contribution in [0.4, 0.5) is 10.2 Å². The van der Waals surface area contributed by atoms with Crippen LogP contribution < -0.4 is 10.6 Å². The Balaban J connectivity index is 1.65. The summed E-state index contributed by atoms with van der Waals surface area (Å²) in [5, 5.41) is 12.1. The Morgan fingerprint density at radius 2 is 2.03 bits per heavy atom. The molecule has 0 aliphatic rings. The molecule has 2 aromatic heterocycles. The molecule has 0 atom stereocenters. The number of fused-ring (bicyclic) bond motifs is 1. The fourth-order valence-electron chi connectivity index (χ4n) is 2.91. The summed E-state index contributed by atoms with van der Waals surface area (Å²) in [6, 6.07) is 5.93. The van der Waals surface area contributed by atoms with Crippen LogP contribution in [0.2, 0.25) is 0 Å². The number of halogens is 1. The molecule has 31 heavy (non-hydrogen) atoms. The first-order valence-corrected chi connectivity index (χ1v) is 11.2. The molecule has 2 heterocycles. The SMILES string of the molecule is CCCSc1nc(NCCOC)c2cnn(CCNC(=O)Cc3ccc(F)cc3)c2n1. The summed E-state index contributed by atoms with van der Waals surface area (Å²) in [7, 11) is 1.65. The zero-order valence-electron chi connectivity index (χ0n) is 17.7. The normalized spacial score (nSPS) is 11.1. The summed E-state index contributed by atoms with van der Waals surface area (Å²) in [6.45, 7) is 4.19. The van der Waals surface area contributed by atoms with Crippen LogP contribution in [0.3, 0.4) is 0 Å². The van der Waals surface area contributed by atoms with Crippen LogP contribution in [0.15, 0.2) is 35.6 Å². The molecule has 0 radical (unpaired) electrons. The second-order valence-electron chi connectivity index (χ2n) is 6.88. The van der Waals surface area contributed by atoms with E-state index in [-0.39, 0.29) is 18.1 Å². The van der Waals surface area contributed by atoms with Gasteiger partial charge in [-0.2, -0.15) is 5.10 Å². The van der Waals surface area contributed by atoms with Crippen molar-refractivity contribution in [1.82, 2.24) is 25.1 Å². The predicted octanol–water partition coefficient (Wildman–Crippen LogP) is 2.88. The first kappa shape index (κ1) is 23.0. The smallest absolute Gasteiger partial charge is 0.224 e. The van der Waals surface area contributed by atoms with E-state index in [1.807, 2.05) is 0 Å². The summed E-state index contributed by atoms with van der Waals surface area (Å²) in [5.74, 6) is 1.21. The zero-order valence-corrected chi connectivity index (χ0v) is 18.5. The highest BCUT2D eigenvalue weighted by Crippen LogP contribution is 2.24. The number of anilines is 1. The van der Waals surface area contributed by atoms with Gasteiger partial charge in [-0.05, 0) is 24.1 Å². The molecule has 0 aliphatic heterocycles. The van der Waals surface area contributed by atoms with Gasteiger partial charge in [0, 0.05) is 26.0 Å². The minimum atomic E-state index is -0.316. The number of hydrogen-bond acceptors (Lipinski definition) is 7. The van der Waals surface area contributed by atoms with Crippen molar-refractivity contribution >= 4 is 34.5 Å². The molecule has 0 spiro atoms. The molecule has 2 N–H and O–H groups in total. The third kappa shape index (κ3) is 6.63. The largest absolute Gasteiger partial charge is 0.383 e. The van der Waals surface area contributed by atoms with Gasteiger partial charge in [-0.25, -0.2) is 19.0 Å². The maximum absolute atomic E-state index is 13.0. The van der Waals surface area contributed by atoms with E-state index in [1.54, 1.807) is 41.9 Å². The van der Waals surface area contributed by atoms with Crippen molar-refractivity contribution in [3.8, 4) is 0 Å². The number of methoxy groups -OCH3 is 1. The van der Waals surface area contributed by atoms with E-state index in [0.29, 0.717) is 31.4 Å². The lowest BCUT2D eigenvalue weighted by Crippen LogP contribution is -2.28. The zero-order chi connectivity index (χ0) is 22.1. The van der Waals surface area contributed by atoms with E-state index in [2.05, 4.69) is 32.6 Å². The van der Waals surface area contributed by atoms with Crippen molar-refractivity contribution in [3.63, 3.8) is 0 Å². The van der Waals surface area contributed by atoms with Gasteiger partial charge in [0.25, 0.3) is 0 Å². The van der Waals surface area contributed by atoms with E-state index >= 15 is 0 Å². The van der Waals surface area contributed by atoms with Gasteiger partial charge in [0.05, 0.1) is 31.2 Å². The fraction of sp³-hybridized carbons (Fsp3) is 0.429. The van der Waals surface area contributed by atoms with Gasteiger partial charge in [0.15, 0.2) is 10.8 Å². The first-order chi connectivity index (χ1) is 15.1. The third-order valence-corrected chi connectivity index (χ3v) is 5.49. The first-order valence-electron chi connectivity index (χ1n) is 10.2. The molecular formula is C21H27FN6O2S. The van der Waals surface area contributed by atoms with Crippen molar-refractivity contribution in [2.75, 3.05) is 37.9 Å². The molecule has 0 unspecified atom stereocenters. The number of benzene rings is 1. The lowest BCUT2D eigenvalue weighted by molar-refractivity contribution is -0.120. The monoisotopic (exact) mass is 446 g/mol. The van der Waals surface area contributed by atoms with Crippen molar-refractivity contribution in [2.45, 2.75) is 31.5 Å². The summed E-state index contributed by atoms with van der Waals surface area (Å²) in [6.07, 6.45) is 2.96. The molecule has 0 saturated heterocycles. The summed E-state index contributed by atoms with van der Waals surface area (Å²) < 4.78 is 19.9. The van der Waals surface area contributed by atoms with Crippen molar-refractivity contribution < 1.29 is 13.9 Å². The Hall–Kier alpha value is -2.72. The highest BCUT2D eigenvalue weighted by Gasteiger charge is 2.13. The lowest BCUT2D eigenvalue weighted by atomic mass is 10.1. The van der Waals surface area contributed by atoms with Gasteiger partial charge in [0.2, 0.25) is 5.91 Å². The van der Waals surface area contributed by atoms with E-state index in [0.717, 1.165) is 34.6 Å². The van der Waals surface area contributed by atoms with E-state index in [4.69, 9.17) is 4.74 Å². The minimum Gasteiger partial charge on any atom is -0.383 e. The van der Waals surface area contributed by atoms with E-state index < -0.39 is 0 Å². The standard InChI is InChI=1S/C21H27FN6O2S/c1-3-12-31-21-26-19(24-9-11-30-2)17-14-25-28(20(17)27-21)10-8-23-18(29)13-15-4-6-16(22)7-5-15/h4-7,14H,3,8-13H2,1-2H3,(H,23,29)(H,24,26,27). The van der Waals surface area contributed by atoms with Crippen LogP contribution in [0.5, 0.6) is 0 Å². The number of rotatable bonds is 12. The highest BCUT2D eigenvalue weighted by molar-refractivity contribution is 7.99. The summed E-state index contributed by atoms with van der Waals surface area (Å²) in [4.78, 5) is 21.5. The molecule has 3 aromatic rings. The molecule has 0 aliphatic carbocycles. The topological polar surface area (TPSA) is 94.0 Å². The Labute approximate surface area is 185 Å².